The van der Waals surface area contributed by atoms with E-state index in [-0.39, 0.29) is 55.5 Å². The quantitative estimate of drug-likeness (QED) is 0.211. The number of nitrogens with zero attached hydrogens (tertiary/aromatic N) is 1. The summed E-state index contributed by atoms with van der Waals surface area (Å²) in [5, 5.41) is 60.0. The van der Waals surface area contributed by atoms with Crippen LogP contribution in [0.4, 0.5) is 0 Å². The molecule has 0 aliphatic carbocycles. The van der Waals surface area contributed by atoms with Gasteiger partial charge in [0.15, 0.2) is 12.6 Å². The van der Waals surface area contributed by atoms with E-state index in [1.54, 1.807) is 27.7 Å². The Bertz CT molecular complexity index is 1050. The summed E-state index contributed by atoms with van der Waals surface area (Å²) >= 11 is 0. The molecule has 13 nitrogen and oxygen atoms in total. The molecule has 0 aromatic rings. The van der Waals surface area contributed by atoms with Crippen molar-refractivity contribution < 1.29 is 54.0 Å². The van der Waals surface area contributed by atoms with Crippen LogP contribution in [-0.2, 0) is 28.5 Å². The molecule has 0 saturated carbocycles. The third-order valence-electron chi connectivity index (χ3n) is 11.7. The molecule has 0 bridgehead atoms. The highest BCUT2D eigenvalue weighted by Gasteiger charge is 2.51. The fourth-order valence-electron chi connectivity index (χ4n) is 8.52. The molecule has 3 heterocycles. The van der Waals surface area contributed by atoms with Gasteiger partial charge in [0.1, 0.15) is 23.9 Å². The summed E-state index contributed by atoms with van der Waals surface area (Å²) in [6.07, 6.45) is -6.04. The first kappa shape index (κ1) is 43.4. The lowest BCUT2D eigenvalue weighted by Gasteiger charge is -2.48. The molecule has 3 aliphatic rings. The van der Waals surface area contributed by atoms with Gasteiger partial charge in [-0.25, -0.2) is 0 Å². The standard InChI is InChI=1S/C37H70N2O11/c1-13-28-37(10,45)32(42)24(7)38-17-19(2)16-36(9,44)33(50-35-30(41)27(39(11)12)15-21(4)46-35)22(5)31(23(6)34(43)48-28)49-29-14-20(3)26(18-40)25(8)47-29/h19-33,35,38,40-42,44-45H,13-18H2,1-12H3/t19-,20?,21-,22+,23-,24-,25+,26?,27?,28-,29+,30-,31+,32-,33-,35+,36-,37-/m1/s1. The van der Waals surface area contributed by atoms with Crippen molar-refractivity contribution in [2.24, 2.45) is 29.6 Å². The number of hydrogen-bond acceptors (Lipinski definition) is 13. The summed E-state index contributed by atoms with van der Waals surface area (Å²) in [5.41, 5.74) is -3.29. The van der Waals surface area contributed by atoms with E-state index in [1.165, 1.54) is 6.92 Å². The second-order valence-electron chi connectivity index (χ2n) is 16.6. The number of aliphatic hydroxyl groups is 5. The maximum atomic E-state index is 14.1. The predicted molar refractivity (Wildman–Crippen MR) is 188 cm³/mol. The van der Waals surface area contributed by atoms with Gasteiger partial charge in [-0.05, 0) is 93.3 Å². The summed E-state index contributed by atoms with van der Waals surface area (Å²) in [6.45, 7) is 18.4. The van der Waals surface area contributed by atoms with Gasteiger partial charge in [-0.3, -0.25) is 4.79 Å². The number of nitrogens with one attached hydrogen (secondary N) is 1. The SMILES string of the molecule is CC[C@H]1OC(=O)[C@H](C)[C@@H](O[C@H]2CC(C)C(CO)[C@H](C)O2)[C@H](C)[C@@H](O[C@@H]2O[C@H](C)CC(N(C)C)[C@H]2O)[C@](C)(O)C[C@@H](C)CN[C@H](C)[C@@H](O)[C@]1(C)O. The Labute approximate surface area is 300 Å². The minimum atomic E-state index is -1.77. The summed E-state index contributed by atoms with van der Waals surface area (Å²) < 4.78 is 31.8. The zero-order chi connectivity index (χ0) is 37.9. The molecule has 294 valence electrons. The Balaban J connectivity index is 2.12. The van der Waals surface area contributed by atoms with Crippen molar-refractivity contribution in [3.8, 4) is 0 Å². The van der Waals surface area contributed by atoms with Gasteiger partial charge in [0.05, 0.1) is 35.9 Å². The molecular formula is C37H70N2O11. The minimum absolute atomic E-state index is 0.0255. The number of carbonyl (C=O) groups is 1. The van der Waals surface area contributed by atoms with Crippen LogP contribution in [0.3, 0.4) is 0 Å². The van der Waals surface area contributed by atoms with E-state index in [2.05, 4.69) is 5.32 Å². The van der Waals surface area contributed by atoms with Gasteiger partial charge in [0.25, 0.3) is 0 Å². The van der Waals surface area contributed by atoms with Crippen LogP contribution in [0, 0.1) is 29.6 Å². The number of rotatable bonds is 7. The Morgan fingerprint density at radius 1 is 0.980 bits per heavy atom. The van der Waals surface area contributed by atoms with Crippen LogP contribution >= 0.6 is 0 Å². The Kier molecular flexibility index (Phi) is 15.6. The van der Waals surface area contributed by atoms with Crippen LogP contribution in [0.1, 0.15) is 94.9 Å². The first-order valence-electron chi connectivity index (χ1n) is 18.8. The Morgan fingerprint density at radius 3 is 2.18 bits per heavy atom. The van der Waals surface area contributed by atoms with Crippen LogP contribution in [-0.4, -0.2) is 142 Å². The highest BCUT2D eigenvalue weighted by molar-refractivity contribution is 5.73. The smallest absolute Gasteiger partial charge is 0.311 e. The van der Waals surface area contributed by atoms with E-state index in [9.17, 15) is 30.3 Å². The van der Waals surface area contributed by atoms with Gasteiger partial charge in [-0.15, -0.1) is 0 Å². The molecule has 13 heteroatoms. The summed E-state index contributed by atoms with van der Waals surface area (Å²) in [6, 6.07) is -0.819. The van der Waals surface area contributed by atoms with E-state index >= 15 is 0 Å². The highest BCUT2D eigenvalue weighted by atomic mass is 16.7. The van der Waals surface area contributed by atoms with Crippen LogP contribution in [0.5, 0.6) is 0 Å². The average molecular weight is 719 g/mol. The third-order valence-corrected chi connectivity index (χ3v) is 11.7. The molecule has 3 fully saturated rings. The van der Waals surface area contributed by atoms with E-state index in [1.807, 2.05) is 53.6 Å². The van der Waals surface area contributed by atoms with Crippen LogP contribution in [0.25, 0.3) is 0 Å². The molecule has 0 spiro atoms. The van der Waals surface area contributed by atoms with Gasteiger partial charge in [0, 0.05) is 36.9 Å². The first-order chi connectivity index (χ1) is 23.2. The molecule has 0 radical (unpaired) electrons. The molecular weight excluding hydrogens is 648 g/mol. The lowest BCUT2D eigenvalue weighted by atomic mass is 9.77. The van der Waals surface area contributed by atoms with Gasteiger partial charge in [0.2, 0.25) is 0 Å². The third kappa shape index (κ3) is 10.2. The summed E-state index contributed by atoms with van der Waals surface area (Å²) in [5.74, 6) is -2.42. The fourth-order valence-corrected chi connectivity index (χ4v) is 8.52. The molecule has 0 aromatic carbocycles. The Hall–Kier alpha value is -0.970. The van der Waals surface area contributed by atoms with Crippen LogP contribution in [0.2, 0.25) is 0 Å². The van der Waals surface area contributed by atoms with Gasteiger partial charge in [-0.2, -0.15) is 0 Å². The summed E-state index contributed by atoms with van der Waals surface area (Å²) in [7, 11) is 3.79. The number of likely N-dealkylation sites (N-methyl/N-ethyl adjacent to an activating group) is 1. The maximum Gasteiger partial charge on any atom is 0.311 e. The topological polar surface area (TPSA) is 180 Å². The molecule has 3 rings (SSSR count). The Morgan fingerprint density at radius 2 is 1.62 bits per heavy atom. The average Bonchev–Trinajstić information content (AvgIpc) is 3.02. The van der Waals surface area contributed by atoms with Crippen LogP contribution < -0.4 is 5.32 Å². The number of carbonyl (C=O) groups excluding carboxylic acids is 1. The van der Waals surface area contributed by atoms with Gasteiger partial charge in [-0.1, -0.05) is 27.7 Å². The highest BCUT2D eigenvalue weighted by Crippen LogP contribution is 2.39. The van der Waals surface area contributed by atoms with Crippen molar-refractivity contribution in [1.82, 2.24) is 10.2 Å². The molecule has 0 aromatic heterocycles. The van der Waals surface area contributed by atoms with Crippen molar-refractivity contribution in [1.29, 1.82) is 0 Å². The van der Waals surface area contributed by atoms with E-state index in [4.69, 9.17) is 23.7 Å². The number of ether oxygens (including phenoxy) is 5. The van der Waals surface area contributed by atoms with E-state index < -0.39 is 78.1 Å². The maximum absolute atomic E-state index is 14.1. The minimum Gasteiger partial charge on any atom is -0.459 e. The monoisotopic (exact) mass is 718 g/mol. The van der Waals surface area contributed by atoms with E-state index in [0.717, 1.165) is 0 Å². The molecule has 3 saturated heterocycles. The number of hydrogen-bond donors (Lipinski definition) is 6. The fraction of sp³-hybridized carbons (Fsp3) is 0.973. The second kappa shape index (κ2) is 17.9. The largest absolute Gasteiger partial charge is 0.459 e. The van der Waals surface area contributed by atoms with Gasteiger partial charge >= 0.3 is 5.97 Å². The normalized spacial score (nSPS) is 49.2. The summed E-state index contributed by atoms with van der Waals surface area (Å²) in [4.78, 5) is 16.0. The predicted octanol–water partition coefficient (Wildman–Crippen LogP) is 2.04. The number of cyclic esters (lactones) is 1. The molecule has 6 N–H and O–H groups in total. The lowest BCUT2D eigenvalue weighted by molar-refractivity contribution is -0.308. The number of aliphatic hydroxyl groups excluding tert-OH is 3. The van der Waals surface area contributed by atoms with Gasteiger partial charge < -0.3 is 59.4 Å². The zero-order valence-corrected chi connectivity index (χ0v) is 32.6. The zero-order valence-electron chi connectivity index (χ0n) is 32.6. The molecule has 0 amide bonds. The molecule has 18 atom stereocenters. The molecule has 3 unspecified atom stereocenters. The van der Waals surface area contributed by atoms with Crippen molar-refractivity contribution in [2.75, 3.05) is 27.2 Å². The van der Waals surface area contributed by atoms with Crippen molar-refractivity contribution >= 4 is 5.97 Å². The van der Waals surface area contributed by atoms with Crippen molar-refractivity contribution in [3.63, 3.8) is 0 Å². The van der Waals surface area contributed by atoms with Crippen molar-refractivity contribution in [3.05, 3.63) is 0 Å². The van der Waals surface area contributed by atoms with Crippen LogP contribution in [0.15, 0.2) is 0 Å². The second-order valence-corrected chi connectivity index (χ2v) is 16.6. The first-order valence-corrected chi connectivity index (χ1v) is 18.8. The molecule has 3 aliphatic heterocycles. The van der Waals surface area contributed by atoms with E-state index in [0.29, 0.717) is 19.4 Å². The van der Waals surface area contributed by atoms with Crippen molar-refractivity contribution in [2.45, 2.75) is 174 Å². The number of esters is 1. The molecule has 50 heavy (non-hydrogen) atoms. The lowest BCUT2D eigenvalue weighted by Crippen LogP contribution is -2.59.